The molecule has 0 bridgehead atoms. The second kappa shape index (κ2) is 14.5. The molecule has 0 spiro atoms. The van der Waals surface area contributed by atoms with E-state index in [1.54, 1.807) is 48.5 Å². The van der Waals surface area contributed by atoms with Gasteiger partial charge in [-0.25, -0.2) is 9.59 Å². The lowest BCUT2D eigenvalue weighted by atomic mass is 10.0. The van der Waals surface area contributed by atoms with E-state index in [1.807, 2.05) is 0 Å². The number of carbonyl (C=O) groups is 2. The van der Waals surface area contributed by atoms with Gasteiger partial charge in [0.25, 0.3) is 0 Å². The van der Waals surface area contributed by atoms with Crippen molar-refractivity contribution >= 4 is 39.0 Å². The lowest BCUT2D eigenvalue weighted by Gasteiger charge is -2.40. The molecule has 0 unspecified atom stereocenters. The van der Waals surface area contributed by atoms with E-state index in [-0.39, 0.29) is 30.1 Å². The summed E-state index contributed by atoms with van der Waals surface area (Å²) in [6, 6.07) is 16.4. The first-order valence-corrected chi connectivity index (χ1v) is 14.2. The minimum atomic E-state index is -4.81. The van der Waals surface area contributed by atoms with Crippen molar-refractivity contribution < 1.29 is 52.1 Å². The maximum Gasteiger partial charge on any atom is 0.379 e. The van der Waals surface area contributed by atoms with E-state index in [0.717, 1.165) is 0 Å². The highest BCUT2D eigenvalue weighted by molar-refractivity contribution is 8.14. The van der Waals surface area contributed by atoms with Gasteiger partial charge >= 0.3 is 22.2 Å². The maximum atomic E-state index is 12.2. The number of ether oxygens (including phenoxy) is 3. The number of nitrogens with zero attached hydrogens (tertiary/aromatic N) is 1. The Morgan fingerprint density at radius 3 is 1.97 bits per heavy atom. The number of aliphatic hydroxyl groups is 3. The number of rotatable bonds is 11. The molecular formula is C25H29NO11S2. The zero-order valence-corrected chi connectivity index (χ0v) is 22.2. The Morgan fingerprint density at radius 2 is 1.41 bits per heavy atom. The van der Waals surface area contributed by atoms with Gasteiger partial charge in [-0.2, -0.15) is 8.42 Å². The van der Waals surface area contributed by atoms with Crippen LogP contribution >= 0.6 is 11.8 Å². The summed E-state index contributed by atoms with van der Waals surface area (Å²) >= 11 is 0.621. The topological polar surface area (TPSA) is 189 Å². The average molecular weight is 584 g/mol. The molecule has 1 fully saturated rings. The highest BCUT2D eigenvalue weighted by Gasteiger charge is 2.45. The van der Waals surface area contributed by atoms with E-state index >= 15 is 0 Å². The van der Waals surface area contributed by atoms with Gasteiger partial charge in [0.05, 0.1) is 22.8 Å². The fourth-order valence-electron chi connectivity index (χ4n) is 3.56. The Hall–Kier alpha value is -2.85. The van der Waals surface area contributed by atoms with Crippen LogP contribution in [-0.2, 0) is 24.5 Å². The number of esters is 2. The van der Waals surface area contributed by atoms with Crippen LogP contribution in [0.4, 0.5) is 0 Å². The molecule has 0 aliphatic carbocycles. The summed E-state index contributed by atoms with van der Waals surface area (Å²) in [5, 5.41) is 30.9. The van der Waals surface area contributed by atoms with Crippen molar-refractivity contribution in [3.05, 3.63) is 71.8 Å². The molecule has 212 valence electrons. The van der Waals surface area contributed by atoms with Crippen molar-refractivity contribution in [3.63, 3.8) is 0 Å². The Labute approximate surface area is 229 Å². The Bertz CT molecular complexity index is 1230. The highest BCUT2D eigenvalue weighted by atomic mass is 32.2. The Kier molecular flexibility index (Phi) is 11.4. The average Bonchev–Trinajstić information content (AvgIpc) is 2.92. The Balaban J connectivity index is 1.57. The summed E-state index contributed by atoms with van der Waals surface area (Å²) < 4.78 is 51.3. The molecule has 0 radical (unpaired) electrons. The van der Waals surface area contributed by atoms with Crippen molar-refractivity contribution in [2.24, 2.45) is 4.40 Å². The summed E-state index contributed by atoms with van der Waals surface area (Å²) in [6.45, 7) is -0.423. The third-order valence-corrected chi connectivity index (χ3v) is 7.31. The number of benzene rings is 2. The van der Waals surface area contributed by atoms with Gasteiger partial charge in [-0.05, 0) is 43.5 Å². The van der Waals surface area contributed by atoms with Gasteiger partial charge < -0.3 is 29.5 Å². The minimum Gasteiger partial charge on any atom is -0.462 e. The van der Waals surface area contributed by atoms with Gasteiger partial charge in [0, 0.05) is 0 Å². The van der Waals surface area contributed by atoms with Crippen LogP contribution in [0.3, 0.4) is 0 Å². The van der Waals surface area contributed by atoms with Gasteiger partial charge in [0.2, 0.25) is 0 Å². The van der Waals surface area contributed by atoms with E-state index in [0.29, 0.717) is 23.7 Å². The van der Waals surface area contributed by atoms with Crippen LogP contribution in [0, 0.1) is 0 Å². The van der Waals surface area contributed by atoms with E-state index in [2.05, 4.69) is 4.40 Å². The van der Waals surface area contributed by atoms with E-state index in [4.69, 9.17) is 14.2 Å². The Morgan fingerprint density at radius 1 is 0.846 bits per heavy atom. The van der Waals surface area contributed by atoms with Crippen molar-refractivity contribution in [1.82, 2.24) is 0 Å². The lowest BCUT2D eigenvalue weighted by molar-refractivity contribution is -0.205. The summed E-state index contributed by atoms with van der Waals surface area (Å²) in [6.07, 6.45) is -5.62. The number of hydrogen-bond donors (Lipinski definition) is 4. The third kappa shape index (κ3) is 9.69. The number of unbranched alkanes of at least 4 members (excludes halogenated alkanes) is 1. The molecule has 1 aliphatic heterocycles. The molecule has 1 heterocycles. The zero-order chi connectivity index (χ0) is 28.4. The van der Waals surface area contributed by atoms with Crippen LogP contribution < -0.4 is 0 Å². The van der Waals surface area contributed by atoms with Crippen molar-refractivity contribution in [2.75, 3.05) is 13.2 Å². The summed E-state index contributed by atoms with van der Waals surface area (Å²) in [4.78, 5) is 24.2. The van der Waals surface area contributed by atoms with Crippen LogP contribution in [0.2, 0.25) is 0 Å². The van der Waals surface area contributed by atoms with E-state index in [9.17, 15) is 37.9 Å². The number of carbonyl (C=O) groups excluding carboxylic acids is 2. The van der Waals surface area contributed by atoms with Crippen molar-refractivity contribution in [3.8, 4) is 0 Å². The zero-order valence-electron chi connectivity index (χ0n) is 20.6. The molecule has 1 aliphatic rings. The molecule has 4 N–H and O–H groups in total. The number of thioether (sulfide) groups is 1. The molecule has 1 saturated heterocycles. The highest BCUT2D eigenvalue weighted by Crippen LogP contribution is 2.31. The van der Waals surface area contributed by atoms with Crippen LogP contribution in [-0.4, -0.2) is 88.3 Å². The predicted octanol–water partition coefficient (Wildman–Crippen LogP) is 1.61. The first kappa shape index (κ1) is 30.7. The molecule has 2 aromatic rings. The van der Waals surface area contributed by atoms with Crippen LogP contribution in [0.1, 0.15) is 40.0 Å². The minimum absolute atomic E-state index is 0.00771. The molecule has 2 aromatic carbocycles. The molecule has 39 heavy (non-hydrogen) atoms. The second-order valence-corrected chi connectivity index (χ2v) is 10.7. The summed E-state index contributed by atoms with van der Waals surface area (Å²) in [5.74, 6) is -1.21. The normalized spacial score (nSPS) is 23.7. The molecule has 0 saturated carbocycles. The summed E-state index contributed by atoms with van der Waals surface area (Å²) in [7, 11) is -4.81. The standard InChI is InChI=1S/C25H29NO11S2/c27-20-18(15-36-24(31)17-11-5-2-6-12-17)37-25(22(29)21(20)28)38-19(26-39(32,33)34)13-7-8-14-35-23(30)16-9-3-1-4-10-16/h1-6,9-12,18,20-22,25,27-29H,7-8,13-15H2,(H,32,33,34)/b26-19+/t18-,20-,21+,22-,25+/m1/s1. The van der Waals surface area contributed by atoms with Crippen molar-refractivity contribution in [1.29, 1.82) is 0 Å². The van der Waals surface area contributed by atoms with Crippen LogP contribution in [0.15, 0.2) is 65.1 Å². The number of hydrogen-bond acceptors (Lipinski definition) is 11. The van der Waals surface area contributed by atoms with Gasteiger partial charge in [-0.3, -0.25) is 4.55 Å². The maximum absolute atomic E-state index is 12.2. The molecule has 12 nitrogen and oxygen atoms in total. The SMILES string of the molecule is O=C(OCCCC/C(=N\S(=O)(=O)O)S[C@@H]1O[C@H](COC(=O)c2ccccc2)[C@@H](O)[C@H](O)[C@H]1O)c1ccccc1. The van der Waals surface area contributed by atoms with Crippen molar-refractivity contribution in [2.45, 2.75) is 49.1 Å². The first-order chi connectivity index (χ1) is 18.5. The van der Waals surface area contributed by atoms with Crippen LogP contribution in [0.5, 0.6) is 0 Å². The number of aliphatic hydroxyl groups excluding tert-OH is 3. The monoisotopic (exact) mass is 583 g/mol. The first-order valence-electron chi connectivity index (χ1n) is 11.9. The molecule has 0 amide bonds. The fraction of sp³-hybridized carbons (Fsp3) is 0.400. The van der Waals surface area contributed by atoms with E-state index < -0.39 is 58.7 Å². The molecule has 3 rings (SSSR count). The largest absolute Gasteiger partial charge is 0.462 e. The lowest BCUT2D eigenvalue weighted by Crippen LogP contribution is -2.58. The van der Waals surface area contributed by atoms with Gasteiger partial charge in [0.15, 0.2) is 0 Å². The third-order valence-electron chi connectivity index (χ3n) is 5.55. The smallest absolute Gasteiger partial charge is 0.379 e. The van der Waals surface area contributed by atoms with E-state index in [1.165, 1.54) is 12.1 Å². The second-order valence-electron chi connectivity index (χ2n) is 8.49. The molecular weight excluding hydrogens is 554 g/mol. The molecule has 14 heteroatoms. The quantitative estimate of drug-likeness (QED) is 0.0985. The van der Waals surface area contributed by atoms with Crippen LogP contribution in [0.25, 0.3) is 0 Å². The molecule has 0 aromatic heterocycles. The van der Waals surface area contributed by atoms with Gasteiger partial charge in [-0.15, -0.1) is 4.40 Å². The fourth-order valence-corrected chi connectivity index (χ4v) is 5.39. The predicted molar refractivity (Wildman–Crippen MR) is 141 cm³/mol. The van der Waals surface area contributed by atoms with Gasteiger partial charge in [-0.1, -0.05) is 48.2 Å². The molecule has 5 atom stereocenters. The summed E-state index contributed by atoms with van der Waals surface area (Å²) in [5.41, 5.74) is -0.679. The van der Waals surface area contributed by atoms with Gasteiger partial charge in [0.1, 0.15) is 36.5 Å².